The molecule has 0 unspecified atom stereocenters. The summed E-state index contributed by atoms with van der Waals surface area (Å²) in [6, 6.07) is 6.60. The Morgan fingerprint density at radius 2 is 2.10 bits per heavy atom. The summed E-state index contributed by atoms with van der Waals surface area (Å²) in [5, 5.41) is 7.21. The molecule has 0 atom stereocenters. The molecule has 2 aromatic heterocycles. The Hall–Kier alpha value is -2.93. The largest absolute Gasteiger partial charge is 0.294 e. The van der Waals surface area contributed by atoms with Crippen molar-refractivity contribution in [2.24, 2.45) is 4.99 Å². The molecule has 0 radical (unpaired) electrons. The minimum Gasteiger partial charge on any atom is -0.294 e. The molecule has 0 amide bonds. The first-order valence-electron chi connectivity index (χ1n) is 10.2. The van der Waals surface area contributed by atoms with Crippen LogP contribution in [0, 0.1) is 5.82 Å². The van der Waals surface area contributed by atoms with E-state index < -0.39 is 0 Å². The van der Waals surface area contributed by atoms with E-state index in [4.69, 9.17) is 4.98 Å². The Bertz CT molecular complexity index is 1060. The van der Waals surface area contributed by atoms with E-state index in [1.165, 1.54) is 24.1 Å². The van der Waals surface area contributed by atoms with Crippen molar-refractivity contribution in [1.82, 2.24) is 25.1 Å². The van der Waals surface area contributed by atoms with Crippen molar-refractivity contribution in [3.8, 4) is 11.3 Å². The summed E-state index contributed by atoms with van der Waals surface area (Å²) in [7, 11) is 0. The molecule has 5 rings (SSSR count). The van der Waals surface area contributed by atoms with Gasteiger partial charge in [0.05, 0.1) is 23.3 Å². The van der Waals surface area contributed by atoms with E-state index in [1.807, 2.05) is 18.5 Å². The minimum atomic E-state index is -0.245. The molecular formula is C22H23FN6. The van der Waals surface area contributed by atoms with E-state index in [0.717, 1.165) is 79.5 Å². The smallest absolute Gasteiger partial charge is 0.173 e. The van der Waals surface area contributed by atoms with Crippen molar-refractivity contribution in [1.29, 1.82) is 0 Å². The lowest BCUT2D eigenvalue weighted by molar-refractivity contribution is 0.243. The van der Waals surface area contributed by atoms with Crippen LogP contribution in [0.4, 0.5) is 4.39 Å². The van der Waals surface area contributed by atoms with Crippen LogP contribution >= 0.6 is 0 Å². The summed E-state index contributed by atoms with van der Waals surface area (Å²) >= 11 is 0. The fraction of sp³-hybridized carbons (Fsp3) is 0.364. The van der Waals surface area contributed by atoms with Gasteiger partial charge in [-0.1, -0.05) is 12.1 Å². The van der Waals surface area contributed by atoms with Crippen LogP contribution in [-0.4, -0.2) is 43.9 Å². The highest BCUT2D eigenvalue weighted by atomic mass is 19.1. The van der Waals surface area contributed by atoms with E-state index in [2.05, 4.69) is 25.1 Å². The van der Waals surface area contributed by atoms with Crippen molar-refractivity contribution in [3.05, 3.63) is 65.1 Å². The van der Waals surface area contributed by atoms with Crippen LogP contribution in [0.3, 0.4) is 0 Å². The summed E-state index contributed by atoms with van der Waals surface area (Å²) in [5.41, 5.74) is 6.12. The van der Waals surface area contributed by atoms with Gasteiger partial charge in [-0.2, -0.15) is 5.10 Å². The first-order chi connectivity index (χ1) is 14.3. The minimum absolute atomic E-state index is 0.245. The van der Waals surface area contributed by atoms with Gasteiger partial charge in [0.2, 0.25) is 0 Å². The Morgan fingerprint density at radius 3 is 2.97 bits per heavy atom. The molecule has 1 N–H and O–H groups in total. The van der Waals surface area contributed by atoms with Crippen LogP contribution in [0.1, 0.15) is 41.9 Å². The normalized spacial score (nSPS) is 17.1. The second-order valence-electron chi connectivity index (χ2n) is 7.69. The van der Waals surface area contributed by atoms with Gasteiger partial charge in [-0.05, 0) is 31.4 Å². The van der Waals surface area contributed by atoms with Crippen molar-refractivity contribution in [2.75, 3.05) is 13.1 Å². The average molecular weight is 390 g/mol. The fourth-order valence-electron chi connectivity index (χ4n) is 4.09. The summed E-state index contributed by atoms with van der Waals surface area (Å²) in [6.45, 7) is 3.36. The number of aliphatic imine (C=N–C) groups is 1. The predicted molar refractivity (Wildman–Crippen MR) is 109 cm³/mol. The van der Waals surface area contributed by atoms with E-state index in [1.54, 1.807) is 6.07 Å². The zero-order valence-corrected chi connectivity index (χ0v) is 16.2. The van der Waals surface area contributed by atoms with Crippen molar-refractivity contribution in [3.63, 3.8) is 0 Å². The first kappa shape index (κ1) is 18.1. The maximum atomic E-state index is 13.6. The number of fused-ring (bicyclic) bond motifs is 1. The van der Waals surface area contributed by atoms with Gasteiger partial charge in [-0.15, -0.1) is 0 Å². The molecule has 0 fully saturated rings. The zero-order valence-electron chi connectivity index (χ0n) is 16.2. The van der Waals surface area contributed by atoms with E-state index in [0.29, 0.717) is 0 Å². The lowest BCUT2D eigenvalue weighted by Crippen LogP contribution is -2.31. The highest BCUT2D eigenvalue weighted by Crippen LogP contribution is 2.25. The van der Waals surface area contributed by atoms with Gasteiger partial charge >= 0.3 is 0 Å². The molecule has 0 saturated carbocycles. The van der Waals surface area contributed by atoms with Crippen LogP contribution in [0.25, 0.3) is 11.3 Å². The summed E-state index contributed by atoms with van der Waals surface area (Å²) in [6.07, 6.45) is 8.00. The first-order valence-corrected chi connectivity index (χ1v) is 10.2. The van der Waals surface area contributed by atoms with Gasteiger partial charge in [0.25, 0.3) is 0 Å². The van der Waals surface area contributed by atoms with E-state index >= 15 is 0 Å². The predicted octanol–water partition coefficient (Wildman–Crippen LogP) is 3.54. The Morgan fingerprint density at radius 1 is 1.14 bits per heavy atom. The highest BCUT2D eigenvalue weighted by molar-refractivity contribution is 5.97. The number of rotatable bonds is 4. The summed E-state index contributed by atoms with van der Waals surface area (Å²) in [4.78, 5) is 16.4. The Kier molecular flexibility index (Phi) is 4.89. The number of aromatic nitrogens is 4. The quantitative estimate of drug-likeness (QED) is 0.740. The molecule has 1 aromatic carbocycles. The molecule has 3 aromatic rings. The van der Waals surface area contributed by atoms with Crippen LogP contribution < -0.4 is 0 Å². The number of hydrogen-bond acceptors (Lipinski definition) is 5. The van der Waals surface area contributed by atoms with Gasteiger partial charge < -0.3 is 0 Å². The average Bonchev–Trinajstić information content (AvgIpc) is 3.22. The maximum Gasteiger partial charge on any atom is 0.173 e. The molecular weight excluding hydrogens is 367 g/mol. The number of nitrogens with one attached hydrogen (secondary N) is 1. The molecule has 0 saturated heterocycles. The number of halogens is 1. The van der Waals surface area contributed by atoms with E-state index in [-0.39, 0.29) is 5.82 Å². The molecule has 2 aliphatic heterocycles. The SMILES string of the molecule is Fc1cccc(-c2[nH]ncc2CN2CCc3nc(C4=NCCCC4)ncc3C2)c1. The van der Waals surface area contributed by atoms with Gasteiger partial charge in [-0.25, -0.2) is 14.4 Å². The molecule has 4 heterocycles. The number of benzene rings is 1. The fourth-order valence-corrected chi connectivity index (χ4v) is 4.09. The standard InChI is InChI=1S/C22H23FN6/c23-18-5-3-4-15(10-18)21-17(12-26-28-21)14-29-9-7-19-16(13-29)11-25-22(27-19)20-6-1-2-8-24-20/h3-5,10-12H,1-2,6-9,13-14H2,(H,26,28). The third kappa shape index (κ3) is 3.82. The maximum absolute atomic E-state index is 13.6. The number of H-pyrrole nitrogens is 1. The molecule has 148 valence electrons. The van der Waals surface area contributed by atoms with Crippen LogP contribution in [0.15, 0.2) is 41.7 Å². The molecule has 6 nitrogen and oxygen atoms in total. The Labute approximate surface area is 168 Å². The van der Waals surface area contributed by atoms with Gasteiger partial charge in [-0.3, -0.25) is 15.0 Å². The second kappa shape index (κ2) is 7.83. The second-order valence-corrected chi connectivity index (χ2v) is 7.69. The van der Waals surface area contributed by atoms with Crippen LogP contribution in [0.5, 0.6) is 0 Å². The molecule has 0 spiro atoms. The van der Waals surface area contributed by atoms with Crippen LogP contribution in [-0.2, 0) is 19.5 Å². The third-order valence-electron chi connectivity index (χ3n) is 5.62. The summed E-state index contributed by atoms with van der Waals surface area (Å²) < 4.78 is 13.6. The molecule has 7 heteroatoms. The molecule has 2 aliphatic rings. The monoisotopic (exact) mass is 390 g/mol. The number of aromatic amines is 1. The molecule has 0 aliphatic carbocycles. The number of hydrogen-bond donors (Lipinski definition) is 1. The van der Waals surface area contributed by atoms with Crippen LogP contribution in [0.2, 0.25) is 0 Å². The van der Waals surface area contributed by atoms with Gasteiger partial charge in [0.15, 0.2) is 5.82 Å². The van der Waals surface area contributed by atoms with Crippen molar-refractivity contribution >= 4 is 5.71 Å². The van der Waals surface area contributed by atoms with Gasteiger partial charge in [0.1, 0.15) is 5.82 Å². The van der Waals surface area contributed by atoms with Crippen molar-refractivity contribution < 1.29 is 4.39 Å². The Balaban J connectivity index is 1.32. The summed E-state index contributed by atoms with van der Waals surface area (Å²) in [5.74, 6) is 0.561. The topological polar surface area (TPSA) is 70.1 Å². The molecule has 29 heavy (non-hydrogen) atoms. The third-order valence-corrected chi connectivity index (χ3v) is 5.62. The lowest BCUT2D eigenvalue weighted by atomic mass is 10.0. The highest BCUT2D eigenvalue weighted by Gasteiger charge is 2.21. The van der Waals surface area contributed by atoms with E-state index in [9.17, 15) is 4.39 Å². The van der Waals surface area contributed by atoms with Gasteiger partial charge in [0, 0.05) is 55.5 Å². The lowest BCUT2D eigenvalue weighted by Gasteiger charge is -2.28. The molecule has 0 bridgehead atoms. The number of nitrogens with zero attached hydrogens (tertiary/aromatic N) is 5. The van der Waals surface area contributed by atoms with Crippen molar-refractivity contribution in [2.45, 2.75) is 38.8 Å². The zero-order chi connectivity index (χ0) is 19.6.